The predicted octanol–water partition coefficient (Wildman–Crippen LogP) is 5.07. The molecule has 126 valence electrons. The highest BCUT2D eigenvalue weighted by Crippen LogP contribution is 2.23. The molecule has 2 aromatic carbocycles. The second kappa shape index (κ2) is 7.18. The van der Waals surface area contributed by atoms with Gasteiger partial charge in [0, 0.05) is 5.56 Å². The number of Topliss-reactive ketones (excluding diaryl/α,β-unsaturated/α-hetero) is 1. The maximum Gasteiger partial charge on any atom is 0.340 e. The third-order valence-electron chi connectivity index (χ3n) is 3.78. The SMILES string of the molecule is C[C@@H](OC(=O)c1ccccc1Cl)C(=O)c1ccc(C(C)(C)C)cc1. The lowest BCUT2D eigenvalue weighted by Gasteiger charge is -2.19. The van der Waals surface area contributed by atoms with E-state index in [1.54, 1.807) is 43.3 Å². The smallest absolute Gasteiger partial charge is 0.340 e. The van der Waals surface area contributed by atoms with Crippen LogP contribution in [0.2, 0.25) is 5.02 Å². The summed E-state index contributed by atoms with van der Waals surface area (Å²) in [4.78, 5) is 24.6. The molecule has 0 saturated carbocycles. The fraction of sp³-hybridized carbons (Fsp3) is 0.300. The molecule has 24 heavy (non-hydrogen) atoms. The van der Waals surface area contributed by atoms with Gasteiger partial charge in [0.15, 0.2) is 6.10 Å². The van der Waals surface area contributed by atoms with Crippen LogP contribution in [-0.4, -0.2) is 17.9 Å². The van der Waals surface area contributed by atoms with Crippen LogP contribution in [-0.2, 0) is 10.2 Å². The molecule has 0 aromatic heterocycles. The molecular weight excluding hydrogens is 324 g/mol. The second-order valence-electron chi connectivity index (χ2n) is 6.72. The van der Waals surface area contributed by atoms with Crippen molar-refractivity contribution in [2.45, 2.75) is 39.2 Å². The Kier molecular flexibility index (Phi) is 5.45. The van der Waals surface area contributed by atoms with E-state index in [0.29, 0.717) is 10.6 Å². The van der Waals surface area contributed by atoms with Crippen molar-refractivity contribution < 1.29 is 14.3 Å². The minimum absolute atomic E-state index is 0.0176. The molecule has 0 saturated heterocycles. The van der Waals surface area contributed by atoms with E-state index in [2.05, 4.69) is 20.8 Å². The van der Waals surface area contributed by atoms with Crippen molar-refractivity contribution in [1.29, 1.82) is 0 Å². The van der Waals surface area contributed by atoms with Gasteiger partial charge in [0.05, 0.1) is 10.6 Å². The molecule has 0 bridgehead atoms. The third-order valence-corrected chi connectivity index (χ3v) is 4.11. The quantitative estimate of drug-likeness (QED) is 0.574. The van der Waals surface area contributed by atoms with Crippen molar-refractivity contribution in [2.24, 2.45) is 0 Å². The summed E-state index contributed by atoms with van der Waals surface area (Å²) in [5.41, 5.74) is 1.92. The highest BCUT2D eigenvalue weighted by atomic mass is 35.5. The topological polar surface area (TPSA) is 43.4 Å². The molecule has 0 amide bonds. The molecule has 1 atom stereocenters. The molecule has 3 nitrogen and oxygen atoms in total. The van der Waals surface area contributed by atoms with Gasteiger partial charge in [-0.05, 0) is 30.0 Å². The number of hydrogen-bond acceptors (Lipinski definition) is 3. The van der Waals surface area contributed by atoms with Crippen LogP contribution in [0.1, 0.15) is 54.0 Å². The number of halogens is 1. The zero-order chi connectivity index (χ0) is 17.9. The third kappa shape index (κ3) is 4.24. The van der Waals surface area contributed by atoms with Crippen molar-refractivity contribution in [3.63, 3.8) is 0 Å². The van der Waals surface area contributed by atoms with Crippen LogP contribution in [0.15, 0.2) is 48.5 Å². The molecule has 0 N–H and O–H groups in total. The van der Waals surface area contributed by atoms with Crippen molar-refractivity contribution in [1.82, 2.24) is 0 Å². The Bertz CT molecular complexity index is 742. The van der Waals surface area contributed by atoms with Crippen LogP contribution in [0.25, 0.3) is 0 Å². The Balaban J connectivity index is 2.10. The van der Waals surface area contributed by atoms with Gasteiger partial charge in [-0.25, -0.2) is 4.79 Å². The molecule has 0 aliphatic carbocycles. The van der Waals surface area contributed by atoms with E-state index in [9.17, 15) is 9.59 Å². The number of ether oxygens (including phenoxy) is 1. The molecule has 0 unspecified atom stereocenters. The van der Waals surface area contributed by atoms with E-state index < -0.39 is 12.1 Å². The van der Waals surface area contributed by atoms with E-state index in [4.69, 9.17) is 16.3 Å². The Morgan fingerprint density at radius 2 is 1.58 bits per heavy atom. The van der Waals surface area contributed by atoms with Gasteiger partial charge in [-0.3, -0.25) is 4.79 Å². The first kappa shape index (κ1) is 18.2. The van der Waals surface area contributed by atoms with Crippen molar-refractivity contribution in [3.8, 4) is 0 Å². The zero-order valence-electron chi connectivity index (χ0n) is 14.3. The number of hydrogen-bond donors (Lipinski definition) is 0. The number of benzene rings is 2. The fourth-order valence-electron chi connectivity index (χ4n) is 2.27. The van der Waals surface area contributed by atoms with E-state index in [1.165, 1.54) is 0 Å². The van der Waals surface area contributed by atoms with E-state index in [0.717, 1.165) is 5.56 Å². The minimum atomic E-state index is -0.880. The first-order valence-electron chi connectivity index (χ1n) is 7.80. The van der Waals surface area contributed by atoms with Crippen LogP contribution >= 0.6 is 11.6 Å². The second-order valence-corrected chi connectivity index (χ2v) is 7.13. The normalized spacial score (nSPS) is 12.5. The van der Waals surface area contributed by atoms with Crippen LogP contribution in [0.3, 0.4) is 0 Å². The van der Waals surface area contributed by atoms with Gasteiger partial charge in [-0.1, -0.05) is 68.8 Å². The molecule has 0 aliphatic rings. The summed E-state index contributed by atoms with van der Waals surface area (Å²) in [6.07, 6.45) is -0.880. The van der Waals surface area contributed by atoms with Gasteiger partial charge in [0.25, 0.3) is 0 Å². The predicted molar refractivity (Wildman–Crippen MR) is 95.8 cm³/mol. The maximum absolute atomic E-state index is 12.4. The largest absolute Gasteiger partial charge is 0.451 e. The van der Waals surface area contributed by atoms with E-state index in [1.807, 2.05) is 12.1 Å². The van der Waals surface area contributed by atoms with Crippen LogP contribution < -0.4 is 0 Å². The lowest BCUT2D eigenvalue weighted by atomic mass is 9.86. The van der Waals surface area contributed by atoms with E-state index >= 15 is 0 Å². The summed E-state index contributed by atoms with van der Waals surface area (Å²) in [6, 6.07) is 14.0. The molecule has 0 spiro atoms. The summed E-state index contributed by atoms with van der Waals surface area (Å²) >= 11 is 5.97. The standard InChI is InChI=1S/C20H21ClO3/c1-13(24-19(23)16-7-5-6-8-17(16)21)18(22)14-9-11-15(12-10-14)20(2,3)4/h5-13H,1-4H3/t13-/m1/s1. The molecule has 0 radical (unpaired) electrons. The Labute approximate surface area is 147 Å². The number of esters is 1. The summed E-state index contributed by atoms with van der Waals surface area (Å²) in [7, 11) is 0. The van der Waals surface area contributed by atoms with Crippen LogP contribution in [0.4, 0.5) is 0 Å². The molecule has 2 aromatic rings. The molecule has 0 fully saturated rings. The monoisotopic (exact) mass is 344 g/mol. The Morgan fingerprint density at radius 3 is 2.12 bits per heavy atom. The van der Waals surface area contributed by atoms with Gasteiger partial charge < -0.3 is 4.74 Å². The summed E-state index contributed by atoms with van der Waals surface area (Å²) in [6.45, 7) is 7.89. The fourth-order valence-corrected chi connectivity index (χ4v) is 2.49. The summed E-state index contributed by atoms with van der Waals surface area (Å²) in [5.74, 6) is -0.844. The lowest BCUT2D eigenvalue weighted by molar-refractivity contribution is 0.0319. The van der Waals surface area contributed by atoms with Gasteiger partial charge >= 0.3 is 5.97 Å². The first-order chi connectivity index (χ1) is 11.2. The van der Waals surface area contributed by atoms with Gasteiger partial charge in [-0.15, -0.1) is 0 Å². The number of ketones is 1. The Hall–Kier alpha value is -2.13. The average Bonchev–Trinajstić information content (AvgIpc) is 2.53. The molecular formula is C20H21ClO3. The average molecular weight is 345 g/mol. The Morgan fingerprint density at radius 1 is 1.00 bits per heavy atom. The molecule has 0 aliphatic heterocycles. The molecule has 2 rings (SSSR count). The minimum Gasteiger partial charge on any atom is -0.451 e. The highest BCUT2D eigenvalue weighted by Gasteiger charge is 2.22. The zero-order valence-corrected chi connectivity index (χ0v) is 15.1. The van der Waals surface area contributed by atoms with Crippen molar-refractivity contribution in [2.75, 3.05) is 0 Å². The van der Waals surface area contributed by atoms with Gasteiger partial charge in [0.1, 0.15) is 0 Å². The van der Waals surface area contributed by atoms with Crippen molar-refractivity contribution >= 4 is 23.4 Å². The summed E-state index contributed by atoms with van der Waals surface area (Å²) in [5, 5.41) is 0.302. The van der Waals surface area contributed by atoms with Crippen molar-refractivity contribution in [3.05, 3.63) is 70.2 Å². The molecule has 4 heteroatoms. The number of carbonyl (C=O) groups excluding carboxylic acids is 2. The van der Waals surface area contributed by atoms with E-state index in [-0.39, 0.29) is 16.8 Å². The van der Waals surface area contributed by atoms with Crippen LogP contribution in [0, 0.1) is 0 Å². The number of rotatable bonds is 4. The van der Waals surface area contributed by atoms with Crippen LogP contribution in [0.5, 0.6) is 0 Å². The highest BCUT2D eigenvalue weighted by molar-refractivity contribution is 6.33. The maximum atomic E-state index is 12.4. The van der Waals surface area contributed by atoms with Gasteiger partial charge in [0.2, 0.25) is 5.78 Å². The number of carbonyl (C=O) groups is 2. The molecule has 0 heterocycles. The lowest BCUT2D eigenvalue weighted by Crippen LogP contribution is -2.24. The van der Waals surface area contributed by atoms with Gasteiger partial charge in [-0.2, -0.15) is 0 Å². The first-order valence-corrected chi connectivity index (χ1v) is 8.18. The summed E-state index contributed by atoms with van der Waals surface area (Å²) < 4.78 is 5.26.